The fourth-order valence-electron chi connectivity index (χ4n) is 2.26. The second kappa shape index (κ2) is 7.00. The molecule has 2 aromatic rings. The Morgan fingerprint density at radius 1 is 1.05 bits per heavy atom. The molecular weight excluding hydrogens is 236 g/mol. The van der Waals surface area contributed by atoms with Gasteiger partial charge in [-0.3, -0.25) is 9.78 Å². The maximum atomic E-state index is 12.2. The number of Topliss-reactive ketones (excluding diaryl/α,β-unsaturated/α-hetero) is 1. The Kier molecular flexibility index (Phi) is 5.04. The normalized spacial score (nSPS) is 10.8. The van der Waals surface area contributed by atoms with E-state index in [-0.39, 0.29) is 5.78 Å². The first-order valence-corrected chi connectivity index (χ1v) is 6.90. The highest BCUT2D eigenvalue weighted by Gasteiger charge is 2.09. The highest BCUT2D eigenvalue weighted by atomic mass is 16.1. The van der Waals surface area contributed by atoms with E-state index in [1.165, 1.54) is 0 Å². The summed E-state index contributed by atoms with van der Waals surface area (Å²) in [4.78, 5) is 16.5. The minimum atomic E-state index is 0.214. The van der Waals surface area contributed by atoms with Gasteiger partial charge in [0.2, 0.25) is 0 Å². The van der Waals surface area contributed by atoms with Gasteiger partial charge in [0.05, 0.1) is 5.52 Å². The summed E-state index contributed by atoms with van der Waals surface area (Å²) in [6.45, 7) is 0.739. The van der Waals surface area contributed by atoms with E-state index in [1.807, 2.05) is 30.3 Å². The lowest BCUT2D eigenvalue weighted by Crippen LogP contribution is -2.01. The summed E-state index contributed by atoms with van der Waals surface area (Å²) in [5, 5.41) is 0.956. The van der Waals surface area contributed by atoms with Crippen molar-refractivity contribution in [2.24, 2.45) is 5.73 Å². The SMILES string of the molecule is NCCCCCCC(=O)c1cccc2ncccc12. The predicted molar refractivity (Wildman–Crippen MR) is 78.2 cm³/mol. The van der Waals surface area contributed by atoms with Crippen LogP contribution in [0.1, 0.15) is 42.5 Å². The number of rotatable bonds is 7. The van der Waals surface area contributed by atoms with Crippen molar-refractivity contribution in [3.05, 3.63) is 42.1 Å². The Morgan fingerprint density at radius 2 is 1.89 bits per heavy atom. The predicted octanol–water partition coefficient (Wildman–Crippen LogP) is 3.33. The van der Waals surface area contributed by atoms with E-state index >= 15 is 0 Å². The first kappa shape index (κ1) is 13.7. The summed E-state index contributed by atoms with van der Waals surface area (Å²) in [5.41, 5.74) is 7.13. The van der Waals surface area contributed by atoms with Gasteiger partial charge in [0, 0.05) is 23.6 Å². The Bertz CT molecular complexity index is 546. The number of hydrogen-bond acceptors (Lipinski definition) is 3. The third-order valence-electron chi connectivity index (χ3n) is 3.30. The summed E-state index contributed by atoms with van der Waals surface area (Å²) in [7, 11) is 0. The van der Waals surface area contributed by atoms with Crippen molar-refractivity contribution in [3.63, 3.8) is 0 Å². The number of unbranched alkanes of at least 4 members (excludes halogenated alkanes) is 3. The molecule has 0 unspecified atom stereocenters. The average Bonchev–Trinajstić information content (AvgIpc) is 2.46. The van der Waals surface area contributed by atoms with E-state index in [2.05, 4.69) is 4.98 Å². The second-order valence-corrected chi connectivity index (χ2v) is 4.75. The quantitative estimate of drug-likeness (QED) is 0.610. The molecule has 0 atom stereocenters. The molecule has 3 heteroatoms. The number of carbonyl (C=O) groups is 1. The zero-order valence-corrected chi connectivity index (χ0v) is 11.1. The number of hydrogen-bond donors (Lipinski definition) is 1. The fraction of sp³-hybridized carbons (Fsp3) is 0.375. The van der Waals surface area contributed by atoms with Crippen LogP contribution in [0, 0.1) is 0 Å². The maximum Gasteiger partial charge on any atom is 0.163 e. The van der Waals surface area contributed by atoms with Crippen LogP contribution in [0.2, 0.25) is 0 Å². The van der Waals surface area contributed by atoms with Crippen molar-refractivity contribution in [2.75, 3.05) is 6.54 Å². The van der Waals surface area contributed by atoms with Gasteiger partial charge in [0.1, 0.15) is 0 Å². The molecule has 3 nitrogen and oxygen atoms in total. The zero-order chi connectivity index (χ0) is 13.5. The van der Waals surface area contributed by atoms with Crippen LogP contribution in [0.3, 0.4) is 0 Å². The van der Waals surface area contributed by atoms with Crippen LogP contribution in [-0.2, 0) is 0 Å². The van der Waals surface area contributed by atoms with Crippen LogP contribution in [0.4, 0.5) is 0 Å². The van der Waals surface area contributed by atoms with Crippen molar-refractivity contribution >= 4 is 16.7 Å². The Labute approximate surface area is 113 Å². The average molecular weight is 256 g/mol. The highest BCUT2D eigenvalue weighted by Crippen LogP contribution is 2.19. The van der Waals surface area contributed by atoms with Crippen molar-refractivity contribution < 1.29 is 4.79 Å². The summed E-state index contributed by atoms with van der Waals surface area (Å²) < 4.78 is 0. The number of carbonyl (C=O) groups excluding carboxylic acids is 1. The molecule has 0 fully saturated rings. The van der Waals surface area contributed by atoms with Crippen LogP contribution < -0.4 is 5.73 Å². The van der Waals surface area contributed by atoms with E-state index in [0.29, 0.717) is 6.42 Å². The van der Waals surface area contributed by atoms with Gasteiger partial charge in [0.15, 0.2) is 5.78 Å². The molecule has 0 saturated heterocycles. The molecule has 1 aromatic carbocycles. The third-order valence-corrected chi connectivity index (χ3v) is 3.30. The van der Waals surface area contributed by atoms with Gasteiger partial charge >= 0.3 is 0 Å². The van der Waals surface area contributed by atoms with Crippen LogP contribution in [-0.4, -0.2) is 17.3 Å². The summed E-state index contributed by atoms with van der Waals surface area (Å²) >= 11 is 0. The molecule has 0 aliphatic carbocycles. The number of nitrogens with two attached hydrogens (primary N) is 1. The lowest BCUT2D eigenvalue weighted by atomic mass is 10.00. The first-order chi connectivity index (χ1) is 9.33. The van der Waals surface area contributed by atoms with Crippen molar-refractivity contribution in [1.29, 1.82) is 0 Å². The monoisotopic (exact) mass is 256 g/mol. The number of fused-ring (bicyclic) bond motifs is 1. The number of benzene rings is 1. The number of ketones is 1. The molecule has 0 aliphatic heterocycles. The van der Waals surface area contributed by atoms with Crippen LogP contribution in [0.15, 0.2) is 36.5 Å². The van der Waals surface area contributed by atoms with E-state index in [9.17, 15) is 4.79 Å². The Balaban J connectivity index is 2.01. The van der Waals surface area contributed by atoms with E-state index in [4.69, 9.17) is 5.73 Å². The smallest absolute Gasteiger partial charge is 0.163 e. The Hall–Kier alpha value is -1.74. The topological polar surface area (TPSA) is 56.0 Å². The van der Waals surface area contributed by atoms with Crippen LogP contribution in [0.5, 0.6) is 0 Å². The molecule has 2 N–H and O–H groups in total. The fourth-order valence-corrected chi connectivity index (χ4v) is 2.26. The molecule has 0 radical (unpaired) electrons. The zero-order valence-electron chi connectivity index (χ0n) is 11.1. The molecule has 2 rings (SSSR count). The lowest BCUT2D eigenvalue weighted by molar-refractivity contribution is 0.0980. The minimum absolute atomic E-state index is 0.214. The van der Waals surface area contributed by atoms with E-state index < -0.39 is 0 Å². The number of pyridine rings is 1. The van der Waals surface area contributed by atoms with Gasteiger partial charge in [-0.05, 0) is 31.5 Å². The second-order valence-electron chi connectivity index (χ2n) is 4.75. The molecule has 100 valence electrons. The standard InChI is InChI=1S/C16H20N2O/c17-11-4-2-1-3-10-16(19)14-7-5-9-15-13(14)8-6-12-18-15/h5-9,12H,1-4,10-11,17H2. The van der Waals surface area contributed by atoms with Gasteiger partial charge in [-0.1, -0.05) is 31.0 Å². The summed E-state index contributed by atoms with van der Waals surface area (Å²) in [6.07, 6.45) is 6.54. The summed E-state index contributed by atoms with van der Waals surface area (Å²) in [6, 6.07) is 9.57. The van der Waals surface area contributed by atoms with Gasteiger partial charge in [-0.15, -0.1) is 0 Å². The molecule has 0 saturated carbocycles. The van der Waals surface area contributed by atoms with Crippen LogP contribution in [0.25, 0.3) is 10.9 Å². The van der Waals surface area contributed by atoms with Crippen molar-refractivity contribution in [2.45, 2.75) is 32.1 Å². The molecule has 1 heterocycles. The molecule has 0 bridgehead atoms. The summed E-state index contributed by atoms with van der Waals surface area (Å²) in [5.74, 6) is 0.214. The molecule has 0 amide bonds. The van der Waals surface area contributed by atoms with E-state index in [1.54, 1.807) is 6.20 Å². The molecule has 19 heavy (non-hydrogen) atoms. The molecular formula is C16H20N2O. The first-order valence-electron chi connectivity index (χ1n) is 6.90. The maximum absolute atomic E-state index is 12.2. The largest absolute Gasteiger partial charge is 0.330 e. The van der Waals surface area contributed by atoms with Gasteiger partial charge in [0.25, 0.3) is 0 Å². The van der Waals surface area contributed by atoms with Crippen molar-refractivity contribution in [1.82, 2.24) is 4.98 Å². The Morgan fingerprint density at radius 3 is 2.74 bits per heavy atom. The molecule has 0 spiro atoms. The van der Waals surface area contributed by atoms with Gasteiger partial charge in [-0.25, -0.2) is 0 Å². The van der Waals surface area contributed by atoms with E-state index in [0.717, 1.165) is 48.7 Å². The number of nitrogens with zero attached hydrogens (tertiary/aromatic N) is 1. The van der Waals surface area contributed by atoms with Gasteiger partial charge < -0.3 is 5.73 Å². The minimum Gasteiger partial charge on any atom is -0.330 e. The van der Waals surface area contributed by atoms with Crippen molar-refractivity contribution in [3.8, 4) is 0 Å². The number of aromatic nitrogens is 1. The van der Waals surface area contributed by atoms with Gasteiger partial charge in [-0.2, -0.15) is 0 Å². The van der Waals surface area contributed by atoms with Crippen LogP contribution >= 0.6 is 0 Å². The lowest BCUT2D eigenvalue weighted by Gasteiger charge is -2.05. The highest BCUT2D eigenvalue weighted by molar-refractivity contribution is 6.07. The molecule has 1 aromatic heterocycles. The third kappa shape index (κ3) is 3.61. The molecule has 0 aliphatic rings.